The number of amides is 1. The van der Waals surface area contributed by atoms with E-state index in [0.29, 0.717) is 0 Å². The highest BCUT2D eigenvalue weighted by atomic mass is 16.1. The molecule has 3 nitrogen and oxygen atoms in total. The lowest BCUT2D eigenvalue weighted by molar-refractivity contribution is -0.125. The Balaban J connectivity index is 2.44. The molecule has 1 unspecified atom stereocenters. The minimum atomic E-state index is -0.512. The summed E-state index contributed by atoms with van der Waals surface area (Å²) in [5, 5.41) is 11.9. The summed E-state index contributed by atoms with van der Waals surface area (Å²) < 4.78 is 0. The summed E-state index contributed by atoms with van der Waals surface area (Å²) in [4.78, 5) is 11.9. The number of nitrogens with zero attached hydrogens (tertiary/aromatic N) is 1. The first-order valence-electron chi connectivity index (χ1n) is 6.66. The summed E-state index contributed by atoms with van der Waals surface area (Å²) in [6.07, 6.45) is 6.21. The van der Waals surface area contributed by atoms with Crippen molar-refractivity contribution in [1.82, 2.24) is 5.32 Å². The van der Waals surface area contributed by atoms with Gasteiger partial charge in [-0.3, -0.25) is 4.79 Å². The second-order valence-electron chi connectivity index (χ2n) is 5.94. The van der Waals surface area contributed by atoms with E-state index in [1.54, 1.807) is 0 Å². The average molecular weight is 236 g/mol. The van der Waals surface area contributed by atoms with Crippen molar-refractivity contribution in [2.24, 2.45) is 17.3 Å². The van der Waals surface area contributed by atoms with Gasteiger partial charge in [0, 0.05) is 6.54 Å². The van der Waals surface area contributed by atoms with Gasteiger partial charge in [0.2, 0.25) is 5.91 Å². The molecule has 0 spiro atoms. The van der Waals surface area contributed by atoms with Gasteiger partial charge in [0.25, 0.3) is 0 Å². The van der Waals surface area contributed by atoms with Crippen molar-refractivity contribution < 1.29 is 4.79 Å². The summed E-state index contributed by atoms with van der Waals surface area (Å²) in [5.74, 6) is -0.532. The van der Waals surface area contributed by atoms with Crippen LogP contribution < -0.4 is 5.32 Å². The van der Waals surface area contributed by atoms with Gasteiger partial charge in [-0.25, -0.2) is 0 Å². The van der Waals surface area contributed by atoms with E-state index in [2.05, 4.69) is 18.3 Å². The van der Waals surface area contributed by atoms with Crippen molar-refractivity contribution in [3.8, 4) is 6.07 Å². The number of nitriles is 1. The number of hydrogen-bond acceptors (Lipinski definition) is 2. The van der Waals surface area contributed by atoms with E-state index < -0.39 is 5.92 Å². The second kappa shape index (κ2) is 6.05. The lowest BCUT2D eigenvalue weighted by atomic mass is 9.75. The van der Waals surface area contributed by atoms with E-state index in [1.807, 2.05) is 13.8 Å². The van der Waals surface area contributed by atoms with E-state index in [1.165, 1.54) is 32.1 Å². The van der Waals surface area contributed by atoms with Crippen LogP contribution in [-0.2, 0) is 4.79 Å². The molecule has 0 aromatic rings. The van der Waals surface area contributed by atoms with E-state index >= 15 is 0 Å². The fraction of sp³-hybridized carbons (Fsp3) is 0.857. The molecule has 96 valence electrons. The molecule has 1 aliphatic carbocycles. The third kappa shape index (κ3) is 4.03. The Kier molecular flexibility index (Phi) is 4.99. The van der Waals surface area contributed by atoms with Crippen LogP contribution in [0.25, 0.3) is 0 Å². The van der Waals surface area contributed by atoms with Gasteiger partial charge < -0.3 is 5.32 Å². The summed E-state index contributed by atoms with van der Waals surface area (Å²) in [5.41, 5.74) is 0.241. The molecule has 0 saturated heterocycles. The van der Waals surface area contributed by atoms with Crippen molar-refractivity contribution in [3.05, 3.63) is 0 Å². The maximum Gasteiger partial charge on any atom is 0.237 e. The van der Waals surface area contributed by atoms with Crippen LogP contribution in [0, 0.1) is 28.6 Å². The van der Waals surface area contributed by atoms with Crippen molar-refractivity contribution in [2.45, 2.75) is 52.9 Å². The predicted molar refractivity (Wildman–Crippen MR) is 68.1 cm³/mol. The highest BCUT2D eigenvalue weighted by molar-refractivity contribution is 5.81. The van der Waals surface area contributed by atoms with Gasteiger partial charge in [-0.1, -0.05) is 40.0 Å². The van der Waals surface area contributed by atoms with Crippen LogP contribution in [0.1, 0.15) is 52.9 Å². The molecule has 0 heterocycles. The first-order chi connectivity index (χ1) is 7.98. The third-order valence-electron chi connectivity index (χ3n) is 3.84. The first kappa shape index (κ1) is 14.0. The Labute approximate surface area is 105 Å². The van der Waals surface area contributed by atoms with E-state index in [0.717, 1.165) is 6.54 Å². The number of rotatable bonds is 4. The summed E-state index contributed by atoms with van der Waals surface area (Å²) >= 11 is 0. The van der Waals surface area contributed by atoms with Crippen LogP contribution in [0.5, 0.6) is 0 Å². The minimum Gasteiger partial charge on any atom is -0.354 e. The summed E-state index contributed by atoms with van der Waals surface area (Å²) in [6.45, 7) is 6.78. The topological polar surface area (TPSA) is 52.9 Å². The van der Waals surface area contributed by atoms with Gasteiger partial charge in [0.1, 0.15) is 5.92 Å². The summed E-state index contributed by atoms with van der Waals surface area (Å²) in [7, 11) is 0. The molecule has 0 radical (unpaired) electrons. The van der Waals surface area contributed by atoms with Gasteiger partial charge in [-0.15, -0.1) is 0 Å². The van der Waals surface area contributed by atoms with Gasteiger partial charge >= 0.3 is 0 Å². The zero-order valence-electron chi connectivity index (χ0n) is 11.3. The molecule has 1 fully saturated rings. The van der Waals surface area contributed by atoms with Gasteiger partial charge in [0.15, 0.2) is 0 Å². The SMILES string of the molecule is CC(C)C(C#N)C(=O)NCC1(C)CCCCC1. The molecule has 0 aliphatic heterocycles. The smallest absolute Gasteiger partial charge is 0.237 e. The van der Waals surface area contributed by atoms with Gasteiger partial charge in [-0.2, -0.15) is 5.26 Å². The molecular weight excluding hydrogens is 212 g/mol. The van der Waals surface area contributed by atoms with Crippen LogP contribution in [0.2, 0.25) is 0 Å². The Morgan fingerprint density at radius 1 is 1.35 bits per heavy atom. The number of carbonyl (C=O) groups excluding carboxylic acids is 1. The standard InChI is InChI=1S/C14H24N2O/c1-11(2)12(9-15)13(17)16-10-14(3)7-5-4-6-8-14/h11-12H,4-8,10H2,1-3H3,(H,16,17). The molecule has 0 aromatic heterocycles. The number of hydrogen-bond donors (Lipinski definition) is 1. The lowest BCUT2D eigenvalue weighted by Gasteiger charge is -2.34. The number of carbonyl (C=O) groups is 1. The van der Waals surface area contributed by atoms with E-state index in [9.17, 15) is 4.79 Å². The van der Waals surface area contributed by atoms with Gasteiger partial charge in [0.05, 0.1) is 6.07 Å². The second-order valence-corrected chi connectivity index (χ2v) is 5.94. The Bertz CT molecular complexity index is 298. The van der Waals surface area contributed by atoms with Crippen molar-refractivity contribution in [1.29, 1.82) is 5.26 Å². The monoisotopic (exact) mass is 236 g/mol. The molecule has 0 aromatic carbocycles. The highest BCUT2D eigenvalue weighted by Gasteiger charge is 2.29. The van der Waals surface area contributed by atoms with Crippen LogP contribution in [0.4, 0.5) is 0 Å². The zero-order valence-corrected chi connectivity index (χ0v) is 11.3. The quantitative estimate of drug-likeness (QED) is 0.816. The fourth-order valence-electron chi connectivity index (χ4n) is 2.50. The largest absolute Gasteiger partial charge is 0.354 e. The fourth-order valence-corrected chi connectivity index (χ4v) is 2.50. The van der Waals surface area contributed by atoms with Crippen molar-refractivity contribution >= 4 is 5.91 Å². The van der Waals surface area contributed by atoms with Crippen molar-refractivity contribution in [2.75, 3.05) is 6.54 Å². The first-order valence-corrected chi connectivity index (χ1v) is 6.66. The molecule has 1 atom stereocenters. The van der Waals surface area contributed by atoms with Crippen LogP contribution in [-0.4, -0.2) is 12.5 Å². The molecule has 1 N–H and O–H groups in total. The molecule has 17 heavy (non-hydrogen) atoms. The zero-order chi connectivity index (χ0) is 12.9. The molecule has 1 aliphatic rings. The predicted octanol–water partition coefficient (Wildman–Crippen LogP) is 2.87. The third-order valence-corrected chi connectivity index (χ3v) is 3.84. The Morgan fingerprint density at radius 3 is 2.41 bits per heavy atom. The van der Waals surface area contributed by atoms with Crippen LogP contribution in [0.15, 0.2) is 0 Å². The average Bonchev–Trinajstić information content (AvgIpc) is 2.28. The Morgan fingerprint density at radius 2 is 1.94 bits per heavy atom. The van der Waals surface area contributed by atoms with Gasteiger partial charge in [-0.05, 0) is 24.2 Å². The normalized spacial score (nSPS) is 20.6. The molecule has 1 saturated carbocycles. The van der Waals surface area contributed by atoms with Crippen LogP contribution in [0.3, 0.4) is 0 Å². The van der Waals surface area contributed by atoms with E-state index in [-0.39, 0.29) is 17.2 Å². The highest BCUT2D eigenvalue weighted by Crippen LogP contribution is 2.34. The minimum absolute atomic E-state index is 0.0826. The van der Waals surface area contributed by atoms with Crippen LogP contribution >= 0.6 is 0 Å². The summed E-state index contributed by atoms with van der Waals surface area (Å²) in [6, 6.07) is 2.09. The lowest BCUT2D eigenvalue weighted by Crippen LogP contribution is -2.40. The maximum absolute atomic E-state index is 11.9. The van der Waals surface area contributed by atoms with Crippen molar-refractivity contribution in [3.63, 3.8) is 0 Å². The maximum atomic E-state index is 11.9. The molecule has 1 amide bonds. The molecule has 3 heteroatoms. The number of nitrogens with one attached hydrogen (secondary N) is 1. The Hall–Kier alpha value is -1.04. The molecule has 0 bridgehead atoms. The van der Waals surface area contributed by atoms with E-state index in [4.69, 9.17) is 5.26 Å². The molecular formula is C14H24N2O. The molecule has 1 rings (SSSR count).